The third-order valence-corrected chi connectivity index (χ3v) is 8.20. The van der Waals surface area contributed by atoms with Crippen molar-refractivity contribution in [2.24, 2.45) is 5.92 Å². The van der Waals surface area contributed by atoms with E-state index in [9.17, 15) is 34.6 Å². The van der Waals surface area contributed by atoms with Crippen LogP contribution >= 0.6 is 0 Å². The number of carbonyl (C=O) groups is 3. The molecule has 4 unspecified atom stereocenters. The summed E-state index contributed by atoms with van der Waals surface area (Å²) in [6, 6.07) is 24.2. The van der Waals surface area contributed by atoms with Gasteiger partial charge in [0, 0.05) is 49.2 Å². The number of nitrogens with one attached hydrogen (secondary N) is 1. The number of ketones is 1. The molecule has 5 rings (SSSR count). The number of ether oxygens (including phenoxy) is 1. The maximum atomic E-state index is 14.5. The Morgan fingerprint density at radius 2 is 1.46 bits per heavy atom. The summed E-state index contributed by atoms with van der Waals surface area (Å²) in [6.07, 6.45) is 0. The fraction of sp³-hybridized carbons (Fsp3) is 0.206. The monoisotopic (exact) mass is 622 g/mol. The number of carbonyl (C=O) groups excluding carboxylic acids is 3. The van der Waals surface area contributed by atoms with Gasteiger partial charge < -0.3 is 15.0 Å². The smallest absolute Gasteiger partial charge is 0.269 e. The molecule has 1 aliphatic rings. The van der Waals surface area contributed by atoms with Gasteiger partial charge in [0.05, 0.1) is 28.9 Å². The fourth-order valence-electron chi connectivity index (χ4n) is 6.13. The van der Waals surface area contributed by atoms with Gasteiger partial charge >= 0.3 is 0 Å². The van der Waals surface area contributed by atoms with Gasteiger partial charge in [-0.1, -0.05) is 66.7 Å². The molecule has 0 saturated carbocycles. The van der Waals surface area contributed by atoms with E-state index in [0.29, 0.717) is 22.4 Å². The topological polar surface area (TPSA) is 162 Å². The maximum absolute atomic E-state index is 14.5. The summed E-state index contributed by atoms with van der Waals surface area (Å²) in [7, 11) is 1.54. The first-order valence-corrected chi connectivity index (χ1v) is 14.4. The van der Waals surface area contributed by atoms with Crippen molar-refractivity contribution >= 4 is 29.0 Å². The standard InChI is InChI=1S/C34H30N4O8/c1-21(39)36-31(25-9-6-10-27(19-25)38(44)45)30(33(40)24-7-4-3-5-8-24)29(23-13-15-26(16-14-23)37(42)43)32(36)34(41)35-20-22-11-17-28(46-2)18-12-22/h3-19,29-32H,20H2,1-2H3,(H,35,41). The zero-order valence-corrected chi connectivity index (χ0v) is 24.9. The van der Waals surface area contributed by atoms with Gasteiger partial charge in [0.15, 0.2) is 5.78 Å². The number of hydrogen-bond donors (Lipinski definition) is 1. The molecule has 234 valence electrons. The molecule has 4 atom stereocenters. The van der Waals surface area contributed by atoms with Crippen molar-refractivity contribution in [3.8, 4) is 5.75 Å². The van der Waals surface area contributed by atoms with Crippen LogP contribution in [0.5, 0.6) is 5.75 Å². The molecule has 1 N–H and O–H groups in total. The van der Waals surface area contributed by atoms with Gasteiger partial charge in [-0.05, 0) is 28.8 Å². The van der Waals surface area contributed by atoms with E-state index < -0.39 is 51.4 Å². The molecular weight excluding hydrogens is 592 g/mol. The van der Waals surface area contributed by atoms with Gasteiger partial charge in [-0.15, -0.1) is 0 Å². The normalized spacial score (nSPS) is 18.9. The van der Waals surface area contributed by atoms with Crippen LogP contribution in [0.25, 0.3) is 0 Å². The van der Waals surface area contributed by atoms with Gasteiger partial charge in [0.25, 0.3) is 11.4 Å². The van der Waals surface area contributed by atoms with E-state index in [0.717, 1.165) is 5.56 Å². The fourth-order valence-corrected chi connectivity index (χ4v) is 6.13. The SMILES string of the molecule is COc1ccc(CNC(=O)C2C(c3ccc([N+](=O)[O-])cc3)C(C(=O)c3ccccc3)C(c3cccc([N+](=O)[O-])c3)N2C(C)=O)cc1. The van der Waals surface area contributed by atoms with E-state index in [1.54, 1.807) is 60.7 Å². The Kier molecular flexibility index (Phi) is 9.17. The molecule has 46 heavy (non-hydrogen) atoms. The molecule has 4 aromatic carbocycles. The first kappa shape index (κ1) is 31.5. The molecule has 0 bridgehead atoms. The second kappa shape index (κ2) is 13.4. The average molecular weight is 623 g/mol. The van der Waals surface area contributed by atoms with E-state index in [2.05, 4.69) is 5.32 Å². The van der Waals surface area contributed by atoms with E-state index in [4.69, 9.17) is 4.74 Å². The lowest BCUT2D eigenvalue weighted by atomic mass is 9.76. The van der Waals surface area contributed by atoms with Crippen LogP contribution in [0.15, 0.2) is 103 Å². The third-order valence-electron chi connectivity index (χ3n) is 8.20. The zero-order chi connectivity index (χ0) is 33.0. The van der Waals surface area contributed by atoms with Crippen molar-refractivity contribution in [3.63, 3.8) is 0 Å². The van der Waals surface area contributed by atoms with Crippen LogP contribution < -0.4 is 10.1 Å². The lowest BCUT2D eigenvalue weighted by Gasteiger charge is -2.30. The molecule has 1 saturated heterocycles. The molecule has 0 aromatic heterocycles. The Morgan fingerprint density at radius 3 is 2.04 bits per heavy atom. The van der Waals surface area contributed by atoms with Crippen LogP contribution in [-0.4, -0.2) is 45.5 Å². The quantitative estimate of drug-likeness (QED) is 0.140. The molecule has 1 fully saturated rings. The van der Waals surface area contributed by atoms with Crippen molar-refractivity contribution in [2.45, 2.75) is 31.5 Å². The molecule has 12 nitrogen and oxygen atoms in total. The van der Waals surface area contributed by atoms with Crippen LogP contribution in [0.3, 0.4) is 0 Å². The Hall–Kier alpha value is -5.91. The number of amides is 2. The van der Waals surface area contributed by atoms with Crippen LogP contribution in [0.4, 0.5) is 11.4 Å². The average Bonchev–Trinajstić information content (AvgIpc) is 3.44. The van der Waals surface area contributed by atoms with Crippen molar-refractivity contribution in [1.29, 1.82) is 0 Å². The number of non-ortho nitro benzene ring substituents is 2. The number of benzene rings is 4. The number of Topliss-reactive ketones (excluding diaryl/α,β-unsaturated/α-hetero) is 1. The molecular formula is C34H30N4O8. The van der Waals surface area contributed by atoms with Gasteiger partial charge in [-0.3, -0.25) is 34.6 Å². The lowest BCUT2D eigenvalue weighted by molar-refractivity contribution is -0.385. The maximum Gasteiger partial charge on any atom is 0.269 e. The highest BCUT2D eigenvalue weighted by molar-refractivity contribution is 6.01. The molecule has 1 aliphatic heterocycles. The van der Waals surface area contributed by atoms with E-state index >= 15 is 0 Å². The van der Waals surface area contributed by atoms with Crippen molar-refractivity contribution < 1.29 is 29.0 Å². The Bertz CT molecular complexity index is 1780. The van der Waals surface area contributed by atoms with Crippen LogP contribution in [0, 0.1) is 26.1 Å². The summed E-state index contributed by atoms with van der Waals surface area (Å²) in [4.78, 5) is 65.6. The van der Waals surface area contributed by atoms with Crippen molar-refractivity contribution in [1.82, 2.24) is 10.2 Å². The highest BCUT2D eigenvalue weighted by Gasteiger charge is 2.56. The highest BCUT2D eigenvalue weighted by Crippen LogP contribution is 2.51. The lowest BCUT2D eigenvalue weighted by Crippen LogP contribution is -2.47. The minimum absolute atomic E-state index is 0.0941. The molecule has 2 amide bonds. The number of likely N-dealkylation sites (tertiary alicyclic amines) is 1. The van der Waals surface area contributed by atoms with Crippen molar-refractivity contribution in [3.05, 3.63) is 146 Å². The van der Waals surface area contributed by atoms with E-state index in [-0.39, 0.29) is 17.9 Å². The molecule has 4 aromatic rings. The number of hydrogen-bond acceptors (Lipinski definition) is 8. The van der Waals surface area contributed by atoms with E-state index in [1.165, 1.54) is 61.4 Å². The number of nitro groups is 2. The Balaban J connectivity index is 1.68. The Morgan fingerprint density at radius 1 is 0.804 bits per heavy atom. The highest BCUT2D eigenvalue weighted by atomic mass is 16.6. The first-order chi connectivity index (χ1) is 22.1. The summed E-state index contributed by atoms with van der Waals surface area (Å²) in [5.41, 5.74) is 1.36. The number of rotatable bonds is 10. The van der Waals surface area contributed by atoms with E-state index in [1.807, 2.05) is 0 Å². The third kappa shape index (κ3) is 6.32. The van der Waals surface area contributed by atoms with Gasteiger partial charge in [0.2, 0.25) is 11.8 Å². The first-order valence-electron chi connectivity index (χ1n) is 14.4. The number of methoxy groups -OCH3 is 1. The molecule has 1 heterocycles. The summed E-state index contributed by atoms with van der Waals surface area (Å²) >= 11 is 0. The van der Waals surface area contributed by atoms with Crippen molar-refractivity contribution in [2.75, 3.05) is 7.11 Å². The Labute approximate surface area is 263 Å². The summed E-state index contributed by atoms with van der Waals surface area (Å²) in [5.74, 6) is -2.92. The van der Waals surface area contributed by atoms with Crippen LogP contribution in [0.2, 0.25) is 0 Å². The second-order valence-corrected chi connectivity index (χ2v) is 10.9. The largest absolute Gasteiger partial charge is 0.497 e. The predicted octanol–water partition coefficient (Wildman–Crippen LogP) is 5.38. The molecule has 0 radical (unpaired) electrons. The number of nitrogens with zero attached hydrogens (tertiary/aromatic N) is 3. The number of nitro benzene ring substituents is 2. The predicted molar refractivity (Wildman–Crippen MR) is 167 cm³/mol. The molecule has 0 spiro atoms. The minimum Gasteiger partial charge on any atom is -0.497 e. The zero-order valence-electron chi connectivity index (χ0n) is 24.9. The molecule has 12 heteroatoms. The van der Waals surface area contributed by atoms with Gasteiger partial charge in [0.1, 0.15) is 11.8 Å². The summed E-state index contributed by atoms with van der Waals surface area (Å²) in [5, 5.41) is 26.1. The summed E-state index contributed by atoms with van der Waals surface area (Å²) < 4.78 is 5.20. The summed E-state index contributed by atoms with van der Waals surface area (Å²) in [6.45, 7) is 1.37. The molecule has 0 aliphatic carbocycles. The van der Waals surface area contributed by atoms with Crippen LogP contribution in [0.1, 0.15) is 45.9 Å². The minimum atomic E-state index is -1.25. The van der Waals surface area contributed by atoms with Crippen LogP contribution in [-0.2, 0) is 16.1 Å². The van der Waals surface area contributed by atoms with Gasteiger partial charge in [-0.25, -0.2) is 0 Å². The second-order valence-electron chi connectivity index (χ2n) is 10.9. The van der Waals surface area contributed by atoms with Gasteiger partial charge in [-0.2, -0.15) is 0 Å².